The molecule has 0 aliphatic heterocycles. The van der Waals surface area contributed by atoms with Gasteiger partial charge in [0, 0.05) is 10.9 Å². The molecule has 0 bridgehead atoms. The minimum Gasteiger partial charge on any atom is -0.326 e. The largest absolute Gasteiger partial charge is 0.326 e. The van der Waals surface area contributed by atoms with Crippen molar-refractivity contribution in [3.05, 3.63) is 33.0 Å². The molecule has 5 nitrogen and oxygen atoms in total. The predicted molar refractivity (Wildman–Crippen MR) is 95.3 cm³/mol. The minimum absolute atomic E-state index is 0.00452. The summed E-state index contributed by atoms with van der Waals surface area (Å²) in [5, 5.41) is 5.24. The molecule has 0 aliphatic carbocycles. The molecule has 1 unspecified atom stereocenters. The molecule has 1 atom stereocenters. The number of hydrogen-bond donors (Lipinski definition) is 1. The van der Waals surface area contributed by atoms with Gasteiger partial charge in [0.15, 0.2) is 5.13 Å². The zero-order valence-corrected chi connectivity index (χ0v) is 15.4. The van der Waals surface area contributed by atoms with Gasteiger partial charge in [-0.15, -0.1) is 22.7 Å². The molecule has 124 valence electrons. The van der Waals surface area contributed by atoms with E-state index in [4.69, 9.17) is 0 Å². The van der Waals surface area contributed by atoms with E-state index in [0.29, 0.717) is 10.0 Å². The van der Waals surface area contributed by atoms with Crippen LogP contribution in [0.2, 0.25) is 0 Å². The molecule has 2 heterocycles. The molecule has 0 fully saturated rings. The molecule has 23 heavy (non-hydrogen) atoms. The second kappa shape index (κ2) is 7.70. The first-order chi connectivity index (χ1) is 10.9. The highest BCUT2D eigenvalue weighted by molar-refractivity contribution is 7.15. The number of thiophene rings is 1. The van der Waals surface area contributed by atoms with Gasteiger partial charge in [-0.3, -0.25) is 9.59 Å². The molecule has 0 radical (unpaired) electrons. The number of thiazole rings is 1. The summed E-state index contributed by atoms with van der Waals surface area (Å²) in [7, 11) is 0. The normalized spacial score (nSPS) is 12.0. The van der Waals surface area contributed by atoms with Crippen molar-refractivity contribution in [3.63, 3.8) is 0 Å². The summed E-state index contributed by atoms with van der Waals surface area (Å²) in [5.41, 5.74) is 0.916. The number of nitrogens with one attached hydrogen (secondary N) is 1. The van der Waals surface area contributed by atoms with Crippen LogP contribution in [0.4, 0.5) is 5.13 Å². The Morgan fingerprint density at radius 3 is 2.65 bits per heavy atom. The molecule has 0 aromatic carbocycles. The Kier molecular flexibility index (Phi) is 5.90. The molecule has 0 spiro atoms. The van der Waals surface area contributed by atoms with Crippen molar-refractivity contribution in [1.82, 2.24) is 9.88 Å². The Bertz CT molecular complexity index is 660. The molecule has 0 aliphatic rings. The number of aryl methyl sites for hydroxylation is 2. The average Bonchev–Trinajstić information content (AvgIpc) is 3.14. The van der Waals surface area contributed by atoms with Gasteiger partial charge in [0.1, 0.15) is 6.54 Å². The number of aromatic nitrogens is 1. The number of carbonyl (C=O) groups is 2. The van der Waals surface area contributed by atoms with Crippen LogP contribution in [0.15, 0.2) is 17.5 Å². The van der Waals surface area contributed by atoms with Crippen molar-refractivity contribution in [3.8, 4) is 0 Å². The highest BCUT2D eigenvalue weighted by atomic mass is 32.1. The highest BCUT2D eigenvalue weighted by Crippen LogP contribution is 2.21. The second-order valence-electron chi connectivity index (χ2n) is 5.38. The van der Waals surface area contributed by atoms with Crippen LogP contribution in [0.5, 0.6) is 0 Å². The summed E-state index contributed by atoms with van der Waals surface area (Å²) in [6, 6.07) is 3.62. The van der Waals surface area contributed by atoms with Gasteiger partial charge >= 0.3 is 0 Å². The molecular formula is C16H21N3O2S2. The lowest BCUT2D eigenvalue weighted by Crippen LogP contribution is -2.43. The van der Waals surface area contributed by atoms with Crippen LogP contribution in [0, 0.1) is 13.8 Å². The first-order valence-electron chi connectivity index (χ1n) is 7.50. The van der Waals surface area contributed by atoms with E-state index in [1.165, 1.54) is 22.7 Å². The van der Waals surface area contributed by atoms with Crippen molar-refractivity contribution in [2.24, 2.45) is 0 Å². The van der Waals surface area contributed by atoms with Crippen molar-refractivity contribution in [2.45, 2.75) is 40.2 Å². The van der Waals surface area contributed by atoms with Crippen LogP contribution < -0.4 is 5.32 Å². The van der Waals surface area contributed by atoms with Gasteiger partial charge in [-0.05, 0) is 38.6 Å². The predicted octanol–water partition coefficient (Wildman–Crippen LogP) is 3.70. The Hall–Kier alpha value is -1.73. The zero-order chi connectivity index (χ0) is 17.0. The minimum atomic E-state index is -0.219. The lowest BCUT2D eigenvalue weighted by molar-refractivity contribution is -0.117. The number of carbonyl (C=O) groups excluding carboxylic acids is 2. The van der Waals surface area contributed by atoms with Crippen molar-refractivity contribution in [2.75, 3.05) is 11.9 Å². The van der Waals surface area contributed by atoms with E-state index in [9.17, 15) is 9.59 Å². The SMILES string of the molecule is CCC(C)N(CC(=O)Nc1nc(C)c(C)s1)C(=O)c1cccs1. The smallest absolute Gasteiger partial charge is 0.264 e. The molecule has 1 N–H and O–H groups in total. The van der Waals surface area contributed by atoms with Gasteiger partial charge in [0.05, 0.1) is 10.6 Å². The third-order valence-electron chi connectivity index (χ3n) is 3.70. The van der Waals surface area contributed by atoms with Crippen molar-refractivity contribution >= 4 is 39.6 Å². The van der Waals surface area contributed by atoms with E-state index < -0.39 is 0 Å². The van der Waals surface area contributed by atoms with E-state index in [-0.39, 0.29) is 24.4 Å². The fraction of sp³-hybridized carbons (Fsp3) is 0.438. The Balaban J connectivity index is 2.08. The molecule has 2 amide bonds. The number of nitrogens with zero attached hydrogens (tertiary/aromatic N) is 2. The Morgan fingerprint density at radius 2 is 2.13 bits per heavy atom. The van der Waals surface area contributed by atoms with Gasteiger partial charge in [-0.1, -0.05) is 13.0 Å². The number of anilines is 1. The van der Waals surface area contributed by atoms with E-state index >= 15 is 0 Å². The number of hydrogen-bond acceptors (Lipinski definition) is 5. The summed E-state index contributed by atoms with van der Waals surface area (Å²) >= 11 is 2.84. The fourth-order valence-corrected chi connectivity index (χ4v) is 3.54. The van der Waals surface area contributed by atoms with Gasteiger partial charge in [0.2, 0.25) is 5.91 Å². The van der Waals surface area contributed by atoms with Gasteiger partial charge in [0.25, 0.3) is 5.91 Å². The molecular weight excluding hydrogens is 330 g/mol. The second-order valence-corrected chi connectivity index (χ2v) is 7.53. The van der Waals surface area contributed by atoms with Gasteiger partial charge in [-0.2, -0.15) is 0 Å². The maximum Gasteiger partial charge on any atom is 0.264 e. The van der Waals surface area contributed by atoms with Crippen LogP contribution >= 0.6 is 22.7 Å². The quantitative estimate of drug-likeness (QED) is 0.863. The van der Waals surface area contributed by atoms with Crippen molar-refractivity contribution < 1.29 is 9.59 Å². The topological polar surface area (TPSA) is 62.3 Å². The maximum atomic E-state index is 12.6. The third-order valence-corrected chi connectivity index (χ3v) is 5.55. The van der Waals surface area contributed by atoms with Crippen LogP contribution in [0.1, 0.15) is 40.5 Å². The van der Waals surface area contributed by atoms with Crippen LogP contribution in [-0.4, -0.2) is 34.3 Å². The molecule has 0 saturated heterocycles. The molecule has 2 aromatic heterocycles. The Morgan fingerprint density at radius 1 is 1.39 bits per heavy atom. The van der Waals surface area contributed by atoms with Crippen molar-refractivity contribution in [1.29, 1.82) is 0 Å². The van der Waals surface area contributed by atoms with Crippen LogP contribution in [0.3, 0.4) is 0 Å². The molecule has 0 saturated carbocycles. The van der Waals surface area contributed by atoms with E-state index in [2.05, 4.69) is 10.3 Å². The summed E-state index contributed by atoms with van der Waals surface area (Å²) in [5.74, 6) is -0.319. The first kappa shape index (κ1) is 17.6. The van der Waals surface area contributed by atoms with Crippen LogP contribution in [0.25, 0.3) is 0 Å². The summed E-state index contributed by atoms with van der Waals surface area (Å²) in [4.78, 5) is 32.6. The van der Waals surface area contributed by atoms with E-state index in [1.807, 2.05) is 39.1 Å². The lowest BCUT2D eigenvalue weighted by Gasteiger charge is -2.27. The van der Waals surface area contributed by atoms with Crippen LogP contribution in [-0.2, 0) is 4.79 Å². The lowest BCUT2D eigenvalue weighted by atomic mass is 10.2. The van der Waals surface area contributed by atoms with E-state index in [1.54, 1.807) is 11.0 Å². The fourth-order valence-electron chi connectivity index (χ4n) is 2.03. The summed E-state index contributed by atoms with van der Waals surface area (Å²) in [6.07, 6.45) is 0.792. The van der Waals surface area contributed by atoms with E-state index in [0.717, 1.165) is 17.0 Å². The molecule has 7 heteroatoms. The average molecular weight is 351 g/mol. The highest BCUT2D eigenvalue weighted by Gasteiger charge is 2.24. The number of amides is 2. The van der Waals surface area contributed by atoms with Gasteiger partial charge in [-0.25, -0.2) is 4.98 Å². The maximum absolute atomic E-state index is 12.6. The van der Waals surface area contributed by atoms with Gasteiger partial charge < -0.3 is 10.2 Å². The summed E-state index contributed by atoms with van der Waals surface area (Å²) in [6.45, 7) is 7.87. The Labute approximate surface area is 144 Å². The summed E-state index contributed by atoms with van der Waals surface area (Å²) < 4.78 is 0. The zero-order valence-electron chi connectivity index (χ0n) is 13.8. The number of rotatable bonds is 6. The molecule has 2 aromatic rings. The third kappa shape index (κ3) is 4.39. The first-order valence-corrected chi connectivity index (χ1v) is 9.20. The standard InChI is InChI=1S/C16H21N3O2S2/c1-5-10(2)19(15(21)13-7-6-8-22-13)9-14(20)18-16-17-11(3)12(4)23-16/h6-8,10H,5,9H2,1-4H3,(H,17,18,20). The monoisotopic (exact) mass is 351 g/mol. The molecule has 2 rings (SSSR count).